The van der Waals surface area contributed by atoms with Gasteiger partial charge in [-0.25, -0.2) is 9.66 Å². The fourth-order valence-electron chi connectivity index (χ4n) is 1.35. The van der Waals surface area contributed by atoms with Crippen molar-refractivity contribution in [3.63, 3.8) is 0 Å². The molecule has 4 nitrogen and oxygen atoms in total. The Balaban J connectivity index is 2.35. The summed E-state index contributed by atoms with van der Waals surface area (Å²) in [5.74, 6) is 0.321. The van der Waals surface area contributed by atoms with Crippen LogP contribution in [0, 0.1) is 6.92 Å². The SMILES string of the molecule is Cc1cn(N=Cc2c(Cl)cccc2Cl)c(N)n1. The maximum atomic E-state index is 6.01. The number of aromatic nitrogens is 2. The van der Waals surface area contributed by atoms with Crippen molar-refractivity contribution in [2.45, 2.75) is 6.92 Å². The first kappa shape index (κ1) is 12.0. The van der Waals surface area contributed by atoms with E-state index >= 15 is 0 Å². The largest absolute Gasteiger partial charge is 0.368 e. The molecule has 1 aromatic carbocycles. The molecule has 2 rings (SSSR count). The van der Waals surface area contributed by atoms with Crippen molar-refractivity contribution in [1.29, 1.82) is 0 Å². The third-order valence-electron chi connectivity index (χ3n) is 2.15. The van der Waals surface area contributed by atoms with Crippen molar-refractivity contribution in [3.8, 4) is 0 Å². The minimum absolute atomic E-state index is 0.321. The molecular weight excluding hydrogens is 259 g/mol. The lowest BCUT2D eigenvalue weighted by Crippen LogP contribution is -1.97. The highest BCUT2D eigenvalue weighted by Gasteiger charge is 2.03. The number of nitrogens with two attached hydrogens (primary N) is 1. The lowest BCUT2D eigenvalue weighted by atomic mass is 10.2. The number of imidazole rings is 1. The number of anilines is 1. The van der Waals surface area contributed by atoms with Crippen LogP contribution in [-0.2, 0) is 0 Å². The first-order valence-electron chi connectivity index (χ1n) is 4.88. The number of hydrogen-bond donors (Lipinski definition) is 1. The zero-order chi connectivity index (χ0) is 12.4. The average molecular weight is 269 g/mol. The normalized spacial score (nSPS) is 11.2. The Bertz CT molecular complexity index is 555. The Morgan fingerprint density at radius 3 is 2.53 bits per heavy atom. The fourth-order valence-corrected chi connectivity index (χ4v) is 1.85. The van der Waals surface area contributed by atoms with Crippen molar-refractivity contribution >= 4 is 35.4 Å². The summed E-state index contributed by atoms with van der Waals surface area (Å²) >= 11 is 12.0. The van der Waals surface area contributed by atoms with Crippen molar-refractivity contribution in [2.75, 3.05) is 5.73 Å². The van der Waals surface area contributed by atoms with E-state index in [0.29, 0.717) is 21.6 Å². The molecule has 0 bridgehead atoms. The minimum Gasteiger partial charge on any atom is -0.368 e. The molecule has 88 valence electrons. The average Bonchev–Trinajstić information content (AvgIpc) is 2.57. The van der Waals surface area contributed by atoms with Crippen LogP contribution in [0.2, 0.25) is 10.0 Å². The second kappa shape index (κ2) is 4.77. The Morgan fingerprint density at radius 2 is 2.00 bits per heavy atom. The molecule has 0 aliphatic rings. The number of aryl methyl sites for hydroxylation is 1. The lowest BCUT2D eigenvalue weighted by Gasteiger charge is -2.00. The molecule has 0 saturated heterocycles. The minimum atomic E-state index is 0.321. The second-order valence-corrected chi connectivity index (χ2v) is 4.28. The Kier molecular flexibility index (Phi) is 3.36. The van der Waals surface area contributed by atoms with Crippen molar-refractivity contribution in [3.05, 3.63) is 45.7 Å². The van der Waals surface area contributed by atoms with E-state index in [1.54, 1.807) is 30.6 Å². The van der Waals surface area contributed by atoms with Gasteiger partial charge < -0.3 is 5.73 Å². The van der Waals surface area contributed by atoms with E-state index < -0.39 is 0 Å². The van der Waals surface area contributed by atoms with Gasteiger partial charge in [-0.05, 0) is 19.1 Å². The molecule has 6 heteroatoms. The number of nitrogens with zero attached hydrogens (tertiary/aromatic N) is 3. The van der Waals surface area contributed by atoms with E-state index in [1.165, 1.54) is 4.68 Å². The summed E-state index contributed by atoms with van der Waals surface area (Å²) in [7, 11) is 0. The first-order chi connectivity index (χ1) is 8.08. The molecule has 0 aliphatic heterocycles. The van der Waals surface area contributed by atoms with Crippen LogP contribution >= 0.6 is 23.2 Å². The van der Waals surface area contributed by atoms with Crippen molar-refractivity contribution < 1.29 is 0 Å². The molecule has 0 spiro atoms. The van der Waals surface area contributed by atoms with Crippen LogP contribution in [0.5, 0.6) is 0 Å². The summed E-state index contributed by atoms with van der Waals surface area (Å²) in [6.45, 7) is 1.84. The van der Waals surface area contributed by atoms with E-state index in [2.05, 4.69) is 10.1 Å². The predicted molar refractivity (Wildman–Crippen MR) is 70.8 cm³/mol. The summed E-state index contributed by atoms with van der Waals surface area (Å²) in [6.07, 6.45) is 3.28. The highest BCUT2D eigenvalue weighted by Crippen LogP contribution is 2.22. The van der Waals surface area contributed by atoms with Gasteiger partial charge in [0.1, 0.15) is 0 Å². The molecule has 2 aromatic rings. The van der Waals surface area contributed by atoms with Gasteiger partial charge in [-0.3, -0.25) is 0 Å². The van der Waals surface area contributed by atoms with Crippen molar-refractivity contribution in [1.82, 2.24) is 9.66 Å². The van der Waals surface area contributed by atoms with E-state index in [0.717, 1.165) is 5.69 Å². The van der Waals surface area contributed by atoms with Gasteiger partial charge >= 0.3 is 0 Å². The van der Waals surface area contributed by atoms with Gasteiger partial charge in [0.25, 0.3) is 0 Å². The summed E-state index contributed by atoms with van der Waals surface area (Å²) in [6, 6.07) is 5.27. The highest BCUT2D eigenvalue weighted by atomic mass is 35.5. The topological polar surface area (TPSA) is 56.2 Å². The third-order valence-corrected chi connectivity index (χ3v) is 2.80. The predicted octanol–water partition coefficient (Wildman–Crippen LogP) is 2.96. The Morgan fingerprint density at radius 1 is 1.35 bits per heavy atom. The molecule has 0 saturated carbocycles. The molecule has 0 aliphatic carbocycles. The van der Waals surface area contributed by atoms with E-state index in [1.807, 2.05) is 6.92 Å². The van der Waals surface area contributed by atoms with Crippen LogP contribution in [0.15, 0.2) is 29.5 Å². The third kappa shape index (κ3) is 2.60. The quantitative estimate of drug-likeness (QED) is 0.852. The maximum absolute atomic E-state index is 6.01. The molecule has 0 atom stereocenters. The zero-order valence-electron chi connectivity index (χ0n) is 9.06. The molecule has 0 unspecified atom stereocenters. The second-order valence-electron chi connectivity index (χ2n) is 3.46. The number of benzene rings is 1. The molecule has 1 heterocycles. The van der Waals surface area contributed by atoms with Gasteiger partial charge in [-0.1, -0.05) is 29.3 Å². The smallest absolute Gasteiger partial charge is 0.221 e. The summed E-state index contributed by atoms with van der Waals surface area (Å²) in [5, 5.41) is 5.23. The number of hydrogen-bond acceptors (Lipinski definition) is 3. The zero-order valence-corrected chi connectivity index (χ0v) is 10.6. The number of nitrogen functional groups attached to an aromatic ring is 1. The Labute approximate surface area is 109 Å². The summed E-state index contributed by atoms with van der Waals surface area (Å²) < 4.78 is 1.47. The van der Waals surface area contributed by atoms with Crippen LogP contribution in [0.1, 0.15) is 11.3 Å². The van der Waals surface area contributed by atoms with E-state index in [4.69, 9.17) is 28.9 Å². The van der Waals surface area contributed by atoms with E-state index in [9.17, 15) is 0 Å². The highest BCUT2D eigenvalue weighted by molar-refractivity contribution is 6.38. The molecule has 17 heavy (non-hydrogen) atoms. The Hall–Kier alpha value is -1.52. The monoisotopic (exact) mass is 268 g/mol. The van der Waals surface area contributed by atoms with Gasteiger partial charge in [-0.2, -0.15) is 5.10 Å². The summed E-state index contributed by atoms with van der Waals surface area (Å²) in [5.41, 5.74) is 7.10. The molecule has 0 radical (unpaired) electrons. The van der Waals surface area contributed by atoms with Gasteiger partial charge in [0, 0.05) is 5.56 Å². The van der Waals surface area contributed by atoms with Crippen LogP contribution in [0.25, 0.3) is 0 Å². The maximum Gasteiger partial charge on any atom is 0.221 e. The number of halogens is 2. The van der Waals surface area contributed by atoms with Gasteiger partial charge in [0.05, 0.1) is 28.2 Å². The number of rotatable bonds is 2. The molecule has 1 aromatic heterocycles. The molecule has 0 amide bonds. The van der Waals surface area contributed by atoms with Crippen LogP contribution in [-0.4, -0.2) is 15.9 Å². The standard InChI is InChI=1S/C11H10Cl2N4/c1-7-6-17(11(14)16-7)15-5-8-9(12)3-2-4-10(8)13/h2-6H,1H3,(H2,14,16). The fraction of sp³-hybridized carbons (Fsp3) is 0.0909. The lowest BCUT2D eigenvalue weighted by molar-refractivity contribution is 0.897. The van der Waals surface area contributed by atoms with E-state index in [-0.39, 0.29) is 0 Å². The first-order valence-corrected chi connectivity index (χ1v) is 5.63. The molecular formula is C11H10Cl2N4. The summed E-state index contributed by atoms with van der Waals surface area (Å²) in [4.78, 5) is 4.03. The van der Waals surface area contributed by atoms with Crippen LogP contribution in [0.4, 0.5) is 5.95 Å². The van der Waals surface area contributed by atoms with Gasteiger partial charge in [0.2, 0.25) is 5.95 Å². The van der Waals surface area contributed by atoms with Gasteiger partial charge in [-0.15, -0.1) is 0 Å². The molecule has 2 N–H and O–H groups in total. The van der Waals surface area contributed by atoms with Crippen LogP contribution in [0.3, 0.4) is 0 Å². The van der Waals surface area contributed by atoms with Crippen molar-refractivity contribution in [2.24, 2.45) is 5.10 Å². The molecule has 0 fully saturated rings. The van der Waals surface area contributed by atoms with Gasteiger partial charge in [0.15, 0.2) is 0 Å². The van der Waals surface area contributed by atoms with Crippen LogP contribution < -0.4 is 5.73 Å².